The van der Waals surface area contributed by atoms with Gasteiger partial charge in [-0.25, -0.2) is 13.4 Å². The SMILES string of the molecule is C[C@@H](NC(=O)c1ccc2ccccc2n1)C(=O)N1CCCC(C(=O)CS(C)(=O)=O)C1. The van der Waals surface area contributed by atoms with E-state index in [1.807, 2.05) is 24.3 Å². The molecule has 0 saturated carbocycles. The number of nitrogens with zero attached hydrogens (tertiary/aromatic N) is 2. The average Bonchev–Trinajstić information content (AvgIpc) is 2.71. The number of fused-ring (bicyclic) bond motifs is 1. The second kappa shape index (κ2) is 8.91. The van der Waals surface area contributed by atoms with Crippen LogP contribution in [-0.2, 0) is 19.4 Å². The topological polar surface area (TPSA) is 114 Å². The molecule has 1 aliphatic rings. The number of carbonyl (C=O) groups is 3. The average molecular weight is 432 g/mol. The fourth-order valence-electron chi connectivity index (χ4n) is 3.62. The van der Waals surface area contributed by atoms with Gasteiger partial charge in [-0.05, 0) is 31.9 Å². The molecule has 1 unspecified atom stereocenters. The minimum atomic E-state index is -3.41. The highest BCUT2D eigenvalue weighted by Gasteiger charge is 2.32. The first-order valence-electron chi connectivity index (χ1n) is 9.80. The normalized spacial score (nSPS) is 18.1. The van der Waals surface area contributed by atoms with Crippen molar-refractivity contribution >= 4 is 38.3 Å². The molecule has 160 valence electrons. The van der Waals surface area contributed by atoms with Crippen LogP contribution in [0.5, 0.6) is 0 Å². The minimum Gasteiger partial charge on any atom is -0.340 e. The molecular formula is C21H25N3O5S. The summed E-state index contributed by atoms with van der Waals surface area (Å²) < 4.78 is 22.8. The van der Waals surface area contributed by atoms with Gasteiger partial charge in [-0.1, -0.05) is 24.3 Å². The van der Waals surface area contributed by atoms with E-state index < -0.39 is 33.5 Å². The highest BCUT2D eigenvalue weighted by atomic mass is 32.2. The van der Waals surface area contributed by atoms with Crippen LogP contribution in [-0.4, -0.2) is 67.0 Å². The Bertz CT molecular complexity index is 1080. The zero-order valence-corrected chi connectivity index (χ0v) is 17.8. The lowest BCUT2D eigenvalue weighted by molar-refractivity contribution is -0.136. The van der Waals surface area contributed by atoms with E-state index in [1.165, 1.54) is 4.90 Å². The Morgan fingerprint density at radius 2 is 1.93 bits per heavy atom. The van der Waals surface area contributed by atoms with Gasteiger partial charge < -0.3 is 10.2 Å². The summed E-state index contributed by atoms with van der Waals surface area (Å²) in [4.78, 5) is 43.4. The second-order valence-electron chi connectivity index (χ2n) is 7.74. The van der Waals surface area contributed by atoms with Gasteiger partial charge in [0.25, 0.3) is 5.91 Å². The molecule has 1 N–H and O–H groups in total. The molecule has 1 aliphatic heterocycles. The number of Topliss-reactive ketones (excluding diaryl/α,β-unsaturated/α-hetero) is 1. The Morgan fingerprint density at radius 1 is 1.20 bits per heavy atom. The van der Waals surface area contributed by atoms with Crippen LogP contribution in [0.25, 0.3) is 10.9 Å². The summed E-state index contributed by atoms with van der Waals surface area (Å²) in [6.07, 6.45) is 2.19. The van der Waals surface area contributed by atoms with Gasteiger partial charge in [0.2, 0.25) is 5.91 Å². The lowest BCUT2D eigenvalue weighted by Gasteiger charge is -2.33. The number of aromatic nitrogens is 1. The number of nitrogens with one attached hydrogen (secondary N) is 1. The molecule has 1 aromatic carbocycles. The van der Waals surface area contributed by atoms with Crippen molar-refractivity contribution in [1.29, 1.82) is 0 Å². The number of amides is 2. The predicted octanol–water partition coefficient (Wildman–Crippen LogP) is 1.21. The van der Waals surface area contributed by atoms with Crippen molar-refractivity contribution in [3.8, 4) is 0 Å². The molecule has 8 nitrogen and oxygen atoms in total. The number of rotatable bonds is 6. The van der Waals surface area contributed by atoms with Crippen molar-refractivity contribution in [1.82, 2.24) is 15.2 Å². The van der Waals surface area contributed by atoms with E-state index in [0.29, 0.717) is 24.9 Å². The largest absolute Gasteiger partial charge is 0.340 e. The number of piperidine rings is 1. The Balaban J connectivity index is 1.62. The standard InChI is InChI=1S/C21H25N3O5S/c1-14(22-20(26)18-10-9-15-6-3-4-8-17(15)23-18)21(27)24-11-5-7-16(12-24)19(25)13-30(2,28)29/h3-4,6,8-10,14,16H,5,7,11-13H2,1-2H3,(H,22,26)/t14-,16?/m1/s1. The second-order valence-corrected chi connectivity index (χ2v) is 9.88. The van der Waals surface area contributed by atoms with Gasteiger partial charge in [0.05, 0.1) is 5.52 Å². The number of para-hydroxylation sites is 1. The molecule has 9 heteroatoms. The van der Waals surface area contributed by atoms with Crippen molar-refractivity contribution < 1.29 is 22.8 Å². The van der Waals surface area contributed by atoms with Gasteiger partial charge >= 0.3 is 0 Å². The summed E-state index contributed by atoms with van der Waals surface area (Å²) in [5.74, 6) is -2.14. The molecule has 0 aliphatic carbocycles. The third-order valence-electron chi connectivity index (χ3n) is 5.14. The monoisotopic (exact) mass is 431 g/mol. The summed E-state index contributed by atoms with van der Waals surface area (Å²) in [6, 6.07) is 10.0. The predicted molar refractivity (Wildman–Crippen MR) is 113 cm³/mol. The Hall–Kier alpha value is -2.81. The zero-order chi connectivity index (χ0) is 21.9. The Labute approximate surface area is 175 Å². The van der Waals surface area contributed by atoms with Crippen LogP contribution in [0.2, 0.25) is 0 Å². The van der Waals surface area contributed by atoms with Crippen LogP contribution in [0.1, 0.15) is 30.3 Å². The van der Waals surface area contributed by atoms with E-state index in [1.54, 1.807) is 19.1 Å². The molecule has 2 heterocycles. The van der Waals surface area contributed by atoms with E-state index in [2.05, 4.69) is 10.3 Å². The number of sulfone groups is 1. The highest BCUT2D eigenvalue weighted by Crippen LogP contribution is 2.19. The number of pyridine rings is 1. The molecular weight excluding hydrogens is 406 g/mol. The third kappa shape index (κ3) is 5.41. The van der Waals surface area contributed by atoms with Crippen LogP contribution in [0.4, 0.5) is 0 Å². The molecule has 0 bridgehead atoms. The smallest absolute Gasteiger partial charge is 0.270 e. The maximum Gasteiger partial charge on any atom is 0.270 e. The molecule has 1 fully saturated rings. The first kappa shape index (κ1) is 21.9. The van der Waals surface area contributed by atoms with Crippen LogP contribution < -0.4 is 5.32 Å². The summed E-state index contributed by atoms with van der Waals surface area (Å²) >= 11 is 0. The van der Waals surface area contributed by atoms with Crippen molar-refractivity contribution in [2.24, 2.45) is 5.92 Å². The van der Waals surface area contributed by atoms with E-state index in [0.717, 1.165) is 11.6 Å². The molecule has 0 radical (unpaired) electrons. The molecule has 0 spiro atoms. The number of hydrogen-bond donors (Lipinski definition) is 1. The number of benzene rings is 1. The van der Waals surface area contributed by atoms with E-state index in [-0.39, 0.29) is 23.9 Å². The summed E-state index contributed by atoms with van der Waals surface area (Å²) in [6.45, 7) is 2.22. The lowest BCUT2D eigenvalue weighted by Crippen LogP contribution is -2.51. The van der Waals surface area contributed by atoms with Gasteiger partial charge in [-0.3, -0.25) is 14.4 Å². The third-order valence-corrected chi connectivity index (χ3v) is 5.95. The molecule has 3 rings (SSSR count). The van der Waals surface area contributed by atoms with Gasteiger partial charge in [0, 0.05) is 30.6 Å². The fraction of sp³-hybridized carbons (Fsp3) is 0.429. The fourth-order valence-corrected chi connectivity index (χ4v) is 4.37. The number of likely N-dealkylation sites (tertiary alicyclic amines) is 1. The number of carbonyl (C=O) groups excluding carboxylic acids is 3. The van der Waals surface area contributed by atoms with Crippen molar-refractivity contribution in [3.05, 3.63) is 42.1 Å². The van der Waals surface area contributed by atoms with Gasteiger partial charge in [0.1, 0.15) is 17.5 Å². The van der Waals surface area contributed by atoms with Gasteiger partial charge in [-0.2, -0.15) is 0 Å². The van der Waals surface area contributed by atoms with Crippen LogP contribution >= 0.6 is 0 Å². The maximum absolute atomic E-state index is 12.8. The summed E-state index contributed by atoms with van der Waals surface area (Å²) in [5, 5.41) is 3.58. The van der Waals surface area contributed by atoms with Crippen LogP contribution in [0.15, 0.2) is 36.4 Å². The van der Waals surface area contributed by atoms with E-state index in [4.69, 9.17) is 0 Å². The summed E-state index contributed by atoms with van der Waals surface area (Å²) in [5.41, 5.74) is 0.903. The molecule has 2 atom stereocenters. The Morgan fingerprint density at radius 3 is 2.67 bits per heavy atom. The zero-order valence-electron chi connectivity index (χ0n) is 17.0. The van der Waals surface area contributed by atoms with Crippen molar-refractivity contribution in [2.75, 3.05) is 25.1 Å². The first-order valence-corrected chi connectivity index (χ1v) is 11.9. The Kier molecular flexibility index (Phi) is 6.50. The quantitative estimate of drug-likeness (QED) is 0.735. The first-order chi connectivity index (χ1) is 14.1. The number of hydrogen-bond acceptors (Lipinski definition) is 6. The van der Waals surface area contributed by atoms with Crippen molar-refractivity contribution in [3.63, 3.8) is 0 Å². The molecule has 2 amide bonds. The highest BCUT2D eigenvalue weighted by molar-refractivity contribution is 7.91. The molecule has 2 aromatic rings. The lowest BCUT2D eigenvalue weighted by atomic mass is 9.94. The molecule has 1 saturated heterocycles. The van der Waals surface area contributed by atoms with E-state index in [9.17, 15) is 22.8 Å². The van der Waals surface area contributed by atoms with Crippen LogP contribution in [0, 0.1) is 5.92 Å². The van der Waals surface area contributed by atoms with Crippen LogP contribution in [0.3, 0.4) is 0 Å². The van der Waals surface area contributed by atoms with E-state index >= 15 is 0 Å². The number of ketones is 1. The van der Waals surface area contributed by atoms with Gasteiger partial charge in [0.15, 0.2) is 15.6 Å². The maximum atomic E-state index is 12.8. The van der Waals surface area contributed by atoms with Crippen molar-refractivity contribution in [2.45, 2.75) is 25.8 Å². The molecule has 1 aromatic heterocycles. The van der Waals surface area contributed by atoms with Gasteiger partial charge in [-0.15, -0.1) is 0 Å². The molecule has 30 heavy (non-hydrogen) atoms. The summed E-state index contributed by atoms with van der Waals surface area (Å²) in [7, 11) is -3.41. The minimum absolute atomic E-state index is 0.168.